The lowest BCUT2D eigenvalue weighted by molar-refractivity contribution is 0.219. The monoisotopic (exact) mass is 168 g/mol. The SMILES string of the molecule is COS(=O)(=O)OCC1CO1. The summed E-state index contributed by atoms with van der Waals surface area (Å²) in [4.78, 5) is 0. The Hall–Kier alpha value is -0.170. The average Bonchev–Trinajstić information content (AvgIpc) is 2.66. The van der Waals surface area contributed by atoms with Crippen LogP contribution in [-0.4, -0.2) is 34.8 Å². The van der Waals surface area contributed by atoms with E-state index in [4.69, 9.17) is 4.74 Å². The molecule has 1 fully saturated rings. The predicted molar refractivity (Wildman–Crippen MR) is 31.6 cm³/mol. The first-order valence-electron chi connectivity index (χ1n) is 2.70. The van der Waals surface area contributed by atoms with Gasteiger partial charge in [0.15, 0.2) is 0 Å². The molecule has 1 heterocycles. The van der Waals surface area contributed by atoms with Crippen LogP contribution in [0.1, 0.15) is 0 Å². The molecule has 0 aromatic carbocycles. The highest BCUT2D eigenvalue weighted by Gasteiger charge is 2.25. The first-order chi connectivity index (χ1) is 4.64. The van der Waals surface area contributed by atoms with Gasteiger partial charge in [-0.05, 0) is 0 Å². The van der Waals surface area contributed by atoms with Gasteiger partial charge in [0.1, 0.15) is 6.10 Å². The summed E-state index contributed by atoms with van der Waals surface area (Å²) < 4.78 is 33.9. The maximum Gasteiger partial charge on any atom is 0.399 e. The molecule has 1 rings (SSSR count). The second-order valence-electron chi connectivity index (χ2n) is 1.81. The number of hydrogen-bond donors (Lipinski definition) is 0. The van der Waals surface area contributed by atoms with E-state index < -0.39 is 10.4 Å². The zero-order chi connectivity index (χ0) is 7.61. The van der Waals surface area contributed by atoms with Gasteiger partial charge in [0.25, 0.3) is 0 Å². The van der Waals surface area contributed by atoms with Crippen LogP contribution in [0, 0.1) is 0 Å². The standard InChI is InChI=1S/C4H8O5S/c1-7-10(5,6)9-3-4-2-8-4/h4H,2-3H2,1H3. The largest absolute Gasteiger partial charge is 0.399 e. The van der Waals surface area contributed by atoms with Crippen molar-refractivity contribution in [2.75, 3.05) is 20.3 Å². The van der Waals surface area contributed by atoms with Crippen LogP contribution in [0.3, 0.4) is 0 Å². The third-order valence-corrected chi connectivity index (χ3v) is 1.84. The van der Waals surface area contributed by atoms with Crippen LogP contribution in [0.4, 0.5) is 0 Å². The minimum absolute atomic E-state index is 0.0518. The predicted octanol–water partition coefficient (Wildman–Crippen LogP) is -0.707. The van der Waals surface area contributed by atoms with E-state index in [1.54, 1.807) is 0 Å². The van der Waals surface area contributed by atoms with Crippen molar-refractivity contribution in [1.29, 1.82) is 0 Å². The molecule has 0 amide bonds. The molecule has 0 saturated carbocycles. The Morgan fingerprint density at radius 3 is 2.70 bits per heavy atom. The first-order valence-corrected chi connectivity index (χ1v) is 4.04. The molecule has 10 heavy (non-hydrogen) atoms. The Bertz CT molecular complexity index is 192. The number of hydrogen-bond acceptors (Lipinski definition) is 5. The summed E-state index contributed by atoms with van der Waals surface area (Å²) in [5.74, 6) is 0. The van der Waals surface area contributed by atoms with Gasteiger partial charge in [0.05, 0.1) is 20.3 Å². The van der Waals surface area contributed by atoms with Gasteiger partial charge in [-0.25, -0.2) is 4.18 Å². The summed E-state index contributed by atoms with van der Waals surface area (Å²) in [7, 11) is -2.71. The van der Waals surface area contributed by atoms with Gasteiger partial charge < -0.3 is 4.74 Å². The molecule has 1 atom stereocenters. The van der Waals surface area contributed by atoms with Gasteiger partial charge in [0.2, 0.25) is 0 Å². The fraction of sp³-hybridized carbons (Fsp3) is 1.00. The lowest BCUT2D eigenvalue weighted by atomic mass is 10.5. The molecule has 5 nitrogen and oxygen atoms in total. The maximum atomic E-state index is 10.4. The highest BCUT2D eigenvalue weighted by atomic mass is 32.3. The second-order valence-corrected chi connectivity index (χ2v) is 3.20. The van der Waals surface area contributed by atoms with Crippen molar-refractivity contribution in [3.8, 4) is 0 Å². The summed E-state index contributed by atoms with van der Waals surface area (Å²) in [6, 6.07) is 0. The quantitative estimate of drug-likeness (QED) is 0.519. The molecule has 6 heteroatoms. The maximum absolute atomic E-state index is 10.4. The molecular formula is C4H8O5S. The number of ether oxygens (including phenoxy) is 1. The summed E-state index contributed by atoms with van der Waals surface area (Å²) in [6.07, 6.45) is -0.0649. The van der Waals surface area contributed by atoms with Crippen LogP contribution in [0.15, 0.2) is 0 Å². The van der Waals surface area contributed by atoms with Crippen molar-refractivity contribution in [2.45, 2.75) is 6.10 Å². The van der Waals surface area contributed by atoms with Crippen molar-refractivity contribution in [3.63, 3.8) is 0 Å². The molecule has 0 N–H and O–H groups in total. The van der Waals surface area contributed by atoms with Crippen molar-refractivity contribution in [2.24, 2.45) is 0 Å². The van der Waals surface area contributed by atoms with E-state index in [2.05, 4.69) is 8.37 Å². The lowest BCUT2D eigenvalue weighted by Crippen LogP contribution is -2.11. The molecule has 0 aromatic heterocycles. The van der Waals surface area contributed by atoms with Gasteiger partial charge in [0, 0.05) is 0 Å². The third kappa shape index (κ3) is 2.61. The highest BCUT2D eigenvalue weighted by molar-refractivity contribution is 7.81. The van der Waals surface area contributed by atoms with E-state index in [9.17, 15) is 8.42 Å². The molecule has 60 valence electrons. The molecule has 1 saturated heterocycles. The summed E-state index contributed by atoms with van der Waals surface area (Å²) in [5.41, 5.74) is 0. The van der Waals surface area contributed by atoms with Crippen LogP contribution in [0.5, 0.6) is 0 Å². The van der Waals surface area contributed by atoms with Crippen LogP contribution in [-0.2, 0) is 23.5 Å². The molecule has 0 radical (unpaired) electrons. The van der Waals surface area contributed by atoms with Crippen molar-refractivity contribution in [3.05, 3.63) is 0 Å². The van der Waals surface area contributed by atoms with Gasteiger partial charge in [-0.15, -0.1) is 0 Å². The third-order valence-electron chi connectivity index (χ3n) is 1.00. The van der Waals surface area contributed by atoms with Gasteiger partial charge in [-0.3, -0.25) is 4.18 Å². The molecule has 1 aliphatic rings. The summed E-state index contributed by atoms with van der Waals surface area (Å²) in [6.45, 7) is 0.620. The van der Waals surface area contributed by atoms with Gasteiger partial charge in [-0.1, -0.05) is 0 Å². The zero-order valence-corrected chi connectivity index (χ0v) is 6.26. The molecule has 1 unspecified atom stereocenters. The van der Waals surface area contributed by atoms with E-state index in [0.29, 0.717) is 6.61 Å². The molecular weight excluding hydrogens is 160 g/mol. The van der Waals surface area contributed by atoms with E-state index in [1.165, 1.54) is 0 Å². The van der Waals surface area contributed by atoms with E-state index in [0.717, 1.165) is 7.11 Å². The smallest absolute Gasteiger partial charge is 0.371 e. The van der Waals surface area contributed by atoms with Gasteiger partial charge in [-0.2, -0.15) is 8.42 Å². The Balaban J connectivity index is 2.22. The van der Waals surface area contributed by atoms with Crippen LogP contribution < -0.4 is 0 Å². The van der Waals surface area contributed by atoms with E-state index in [-0.39, 0.29) is 12.7 Å². The fourth-order valence-electron chi connectivity index (χ4n) is 0.372. The Morgan fingerprint density at radius 2 is 2.30 bits per heavy atom. The van der Waals surface area contributed by atoms with Crippen LogP contribution >= 0.6 is 0 Å². The van der Waals surface area contributed by atoms with E-state index in [1.807, 2.05) is 0 Å². The Labute approximate surface area is 59.2 Å². The Morgan fingerprint density at radius 1 is 1.70 bits per heavy atom. The van der Waals surface area contributed by atoms with Gasteiger partial charge >= 0.3 is 10.4 Å². The Kier molecular flexibility index (Phi) is 2.24. The van der Waals surface area contributed by atoms with Crippen LogP contribution in [0.25, 0.3) is 0 Å². The summed E-state index contributed by atoms with van der Waals surface area (Å²) >= 11 is 0. The fourth-order valence-corrected chi connectivity index (χ4v) is 0.786. The van der Waals surface area contributed by atoms with Crippen molar-refractivity contribution in [1.82, 2.24) is 0 Å². The molecule has 0 aliphatic carbocycles. The van der Waals surface area contributed by atoms with Crippen LogP contribution in [0.2, 0.25) is 0 Å². The normalized spacial score (nSPS) is 24.7. The van der Waals surface area contributed by atoms with Crippen molar-refractivity contribution < 1.29 is 21.5 Å². The molecule has 0 bridgehead atoms. The number of epoxide rings is 1. The first kappa shape index (κ1) is 7.93. The topological polar surface area (TPSA) is 65.1 Å². The average molecular weight is 168 g/mol. The lowest BCUT2D eigenvalue weighted by Gasteiger charge is -1.98. The molecule has 1 aliphatic heterocycles. The molecule has 0 spiro atoms. The molecule has 0 aromatic rings. The van der Waals surface area contributed by atoms with E-state index >= 15 is 0 Å². The van der Waals surface area contributed by atoms with Crippen molar-refractivity contribution >= 4 is 10.4 Å². The highest BCUT2D eigenvalue weighted by Crippen LogP contribution is 2.10. The minimum Gasteiger partial charge on any atom is -0.371 e. The minimum atomic E-state index is -3.75. The second kappa shape index (κ2) is 2.83. The summed E-state index contributed by atoms with van der Waals surface area (Å²) in [5, 5.41) is 0. The zero-order valence-electron chi connectivity index (χ0n) is 5.44. The number of rotatable bonds is 4.